The first-order valence-electron chi connectivity index (χ1n) is 5.90. The van der Waals surface area contributed by atoms with Crippen molar-refractivity contribution < 1.29 is 9.72 Å². The Morgan fingerprint density at radius 2 is 2.37 bits per heavy atom. The van der Waals surface area contributed by atoms with Gasteiger partial charge in [-0.3, -0.25) is 14.9 Å². The predicted molar refractivity (Wildman–Crippen MR) is 69.7 cm³/mol. The number of nitro groups is 1. The van der Waals surface area contributed by atoms with Crippen LogP contribution in [0.2, 0.25) is 0 Å². The number of nitrogens with two attached hydrogens (primary N) is 1. The number of nitrogen functional groups attached to an aromatic ring is 1. The van der Waals surface area contributed by atoms with Gasteiger partial charge in [0.05, 0.1) is 4.92 Å². The number of nitrogens with one attached hydrogen (secondary N) is 1. The minimum Gasteiger partial charge on any atom is -0.384 e. The van der Waals surface area contributed by atoms with Crippen LogP contribution < -0.4 is 16.0 Å². The third-order valence-corrected chi connectivity index (χ3v) is 2.97. The summed E-state index contributed by atoms with van der Waals surface area (Å²) in [5.74, 6) is 0.392. The summed E-state index contributed by atoms with van der Waals surface area (Å²) in [6, 6.07) is 2.74. The van der Waals surface area contributed by atoms with Crippen LogP contribution in [0.1, 0.15) is 13.3 Å². The second-order valence-corrected chi connectivity index (χ2v) is 4.47. The van der Waals surface area contributed by atoms with Gasteiger partial charge in [-0.2, -0.15) is 0 Å². The molecule has 2 rings (SSSR count). The predicted octanol–water partition coefficient (Wildman–Crippen LogP) is 0.287. The first-order valence-corrected chi connectivity index (χ1v) is 5.90. The molecular weight excluding hydrogens is 250 g/mol. The smallest absolute Gasteiger partial charge is 0.311 e. The van der Waals surface area contributed by atoms with Crippen LogP contribution in [-0.4, -0.2) is 34.9 Å². The van der Waals surface area contributed by atoms with Gasteiger partial charge >= 0.3 is 5.69 Å². The highest BCUT2D eigenvalue weighted by atomic mass is 16.6. The number of hydrogen-bond acceptors (Lipinski definition) is 6. The molecule has 1 aromatic rings. The maximum Gasteiger partial charge on any atom is 0.311 e. The lowest BCUT2D eigenvalue weighted by atomic mass is 10.2. The molecule has 0 spiro atoms. The van der Waals surface area contributed by atoms with Crippen LogP contribution in [0.4, 0.5) is 17.3 Å². The van der Waals surface area contributed by atoms with E-state index in [1.807, 2.05) is 0 Å². The Hall–Kier alpha value is -2.38. The number of pyridine rings is 1. The van der Waals surface area contributed by atoms with E-state index in [9.17, 15) is 14.9 Å². The molecule has 0 aliphatic carbocycles. The van der Waals surface area contributed by atoms with Gasteiger partial charge in [-0.25, -0.2) is 4.98 Å². The van der Waals surface area contributed by atoms with E-state index in [0.29, 0.717) is 13.1 Å². The Morgan fingerprint density at radius 1 is 1.63 bits per heavy atom. The van der Waals surface area contributed by atoms with Crippen LogP contribution in [0.3, 0.4) is 0 Å². The fraction of sp³-hybridized carbons (Fsp3) is 0.455. The van der Waals surface area contributed by atoms with Gasteiger partial charge in [0.1, 0.15) is 5.82 Å². The average molecular weight is 265 g/mol. The lowest BCUT2D eigenvalue weighted by Crippen LogP contribution is -2.35. The topological polar surface area (TPSA) is 114 Å². The molecule has 1 saturated heterocycles. The van der Waals surface area contributed by atoms with Gasteiger partial charge in [-0.1, -0.05) is 0 Å². The number of anilines is 2. The monoisotopic (exact) mass is 265 g/mol. The minimum atomic E-state index is -0.479. The Balaban J connectivity index is 2.21. The van der Waals surface area contributed by atoms with Gasteiger partial charge in [0, 0.05) is 32.1 Å². The zero-order valence-electron chi connectivity index (χ0n) is 10.5. The van der Waals surface area contributed by atoms with Crippen molar-refractivity contribution in [1.29, 1.82) is 0 Å². The Kier molecular flexibility index (Phi) is 3.50. The molecule has 1 aliphatic heterocycles. The largest absolute Gasteiger partial charge is 0.384 e. The lowest BCUT2D eigenvalue weighted by molar-refractivity contribution is -0.384. The van der Waals surface area contributed by atoms with Crippen LogP contribution in [0.15, 0.2) is 12.1 Å². The molecule has 1 aromatic heterocycles. The Morgan fingerprint density at radius 3 is 3.00 bits per heavy atom. The van der Waals surface area contributed by atoms with Crippen molar-refractivity contribution in [3.63, 3.8) is 0 Å². The number of carbonyl (C=O) groups is 1. The zero-order chi connectivity index (χ0) is 14.0. The Labute approximate surface area is 109 Å². The standard InChI is InChI=1S/C11H15N5O3/c1-7(17)13-8-4-5-15(6-8)11-9(16(18)19)2-3-10(12)14-11/h2-3,8H,4-6H2,1H3,(H2,12,14)(H,13,17). The molecule has 0 bridgehead atoms. The van der Waals surface area contributed by atoms with Crippen molar-refractivity contribution >= 4 is 23.2 Å². The third-order valence-electron chi connectivity index (χ3n) is 2.97. The number of nitrogens with zero attached hydrogens (tertiary/aromatic N) is 3. The summed E-state index contributed by atoms with van der Waals surface area (Å²) in [6.07, 6.45) is 0.729. The van der Waals surface area contributed by atoms with E-state index >= 15 is 0 Å². The number of amides is 1. The molecule has 1 amide bonds. The fourth-order valence-corrected chi connectivity index (χ4v) is 2.19. The van der Waals surface area contributed by atoms with E-state index in [1.165, 1.54) is 19.1 Å². The van der Waals surface area contributed by atoms with Gasteiger partial charge in [-0.05, 0) is 12.5 Å². The van der Waals surface area contributed by atoms with E-state index in [2.05, 4.69) is 10.3 Å². The number of hydrogen-bond donors (Lipinski definition) is 2. The molecule has 102 valence electrons. The van der Waals surface area contributed by atoms with E-state index in [-0.39, 0.29) is 29.3 Å². The zero-order valence-corrected chi connectivity index (χ0v) is 10.5. The normalized spacial score (nSPS) is 18.4. The van der Waals surface area contributed by atoms with Crippen molar-refractivity contribution in [2.24, 2.45) is 0 Å². The first-order chi connectivity index (χ1) is 8.97. The van der Waals surface area contributed by atoms with Crippen molar-refractivity contribution in [2.45, 2.75) is 19.4 Å². The van der Waals surface area contributed by atoms with E-state index in [0.717, 1.165) is 6.42 Å². The molecule has 1 atom stereocenters. The van der Waals surface area contributed by atoms with E-state index < -0.39 is 4.92 Å². The molecule has 0 saturated carbocycles. The molecule has 1 aliphatic rings. The molecular formula is C11H15N5O3. The molecule has 1 fully saturated rings. The van der Waals surface area contributed by atoms with Gasteiger partial charge in [0.2, 0.25) is 11.7 Å². The first kappa shape index (κ1) is 13.1. The van der Waals surface area contributed by atoms with Crippen molar-refractivity contribution in [3.8, 4) is 0 Å². The second kappa shape index (κ2) is 5.09. The highest BCUT2D eigenvalue weighted by Gasteiger charge is 2.29. The number of aromatic nitrogens is 1. The highest BCUT2D eigenvalue weighted by Crippen LogP contribution is 2.29. The SMILES string of the molecule is CC(=O)NC1CCN(c2nc(N)ccc2[N+](=O)[O-])C1. The summed E-state index contributed by atoms with van der Waals surface area (Å²) >= 11 is 0. The summed E-state index contributed by atoms with van der Waals surface area (Å²) in [5, 5.41) is 13.8. The third kappa shape index (κ3) is 2.90. The minimum absolute atomic E-state index is 0.0136. The van der Waals surface area contributed by atoms with E-state index in [4.69, 9.17) is 5.73 Å². The van der Waals surface area contributed by atoms with Crippen molar-refractivity contribution in [1.82, 2.24) is 10.3 Å². The molecule has 3 N–H and O–H groups in total. The van der Waals surface area contributed by atoms with Crippen LogP contribution in [0.5, 0.6) is 0 Å². The van der Waals surface area contributed by atoms with Crippen molar-refractivity contribution in [3.05, 3.63) is 22.2 Å². The highest BCUT2D eigenvalue weighted by molar-refractivity contribution is 5.73. The van der Waals surface area contributed by atoms with Gasteiger partial charge in [-0.15, -0.1) is 0 Å². The quantitative estimate of drug-likeness (QED) is 0.599. The lowest BCUT2D eigenvalue weighted by Gasteiger charge is -2.17. The molecule has 8 heteroatoms. The molecule has 0 radical (unpaired) electrons. The summed E-state index contributed by atoms with van der Waals surface area (Å²) in [4.78, 5) is 27.3. The Bertz CT molecular complexity index is 519. The number of carbonyl (C=O) groups excluding carboxylic acids is 1. The summed E-state index contributed by atoms with van der Waals surface area (Å²) in [7, 11) is 0. The van der Waals surface area contributed by atoms with E-state index in [1.54, 1.807) is 4.90 Å². The molecule has 8 nitrogen and oxygen atoms in total. The molecule has 1 unspecified atom stereocenters. The maximum absolute atomic E-state index is 11.0. The fourth-order valence-electron chi connectivity index (χ4n) is 2.19. The average Bonchev–Trinajstić information content (AvgIpc) is 2.75. The molecule has 19 heavy (non-hydrogen) atoms. The van der Waals surface area contributed by atoms with Gasteiger partial charge in [0.15, 0.2) is 0 Å². The maximum atomic E-state index is 11.0. The van der Waals surface area contributed by atoms with Crippen LogP contribution in [0, 0.1) is 10.1 Å². The second-order valence-electron chi connectivity index (χ2n) is 4.47. The van der Waals surface area contributed by atoms with Gasteiger partial charge in [0.25, 0.3) is 0 Å². The summed E-state index contributed by atoms with van der Waals surface area (Å²) in [5.41, 5.74) is 5.51. The van der Waals surface area contributed by atoms with Crippen LogP contribution in [0.25, 0.3) is 0 Å². The molecule has 0 aromatic carbocycles. The number of rotatable bonds is 3. The van der Waals surface area contributed by atoms with Crippen LogP contribution >= 0.6 is 0 Å². The van der Waals surface area contributed by atoms with Crippen LogP contribution in [-0.2, 0) is 4.79 Å². The summed E-state index contributed by atoms with van der Waals surface area (Å²) < 4.78 is 0. The summed E-state index contributed by atoms with van der Waals surface area (Å²) in [6.45, 7) is 2.54. The molecule has 2 heterocycles. The van der Waals surface area contributed by atoms with Crippen molar-refractivity contribution in [2.75, 3.05) is 23.7 Å². The van der Waals surface area contributed by atoms with Gasteiger partial charge < -0.3 is 16.0 Å².